The number of methoxy groups -OCH3 is 1. The van der Waals surface area contributed by atoms with E-state index < -0.39 is 0 Å². The van der Waals surface area contributed by atoms with E-state index in [1.807, 2.05) is 42.6 Å². The Balaban J connectivity index is 1.31. The molecule has 1 fully saturated rings. The Bertz CT molecular complexity index is 1180. The van der Waals surface area contributed by atoms with Gasteiger partial charge in [0.05, 0.1) is 30.6 Å². The molecule has 5 heteroatoms. The van der Waals surface area contributed by atoms with Crippen molar-refractivity contribution in [1.29, 1.82) is 0 Å². The molecule has 0 saturated carbocycles. The molecule has 1 saturated heterocycles. The predicted octanol–water partition coefficient (Wildman–Crippen LogP) is 4.88. The number of nitrogens with zero attached hydrogens (tertiary/aromatic N) is 3. The summed E-state index contributed by atoms with van der Waals surface area (Å²) in [4.78, 5) is 11.8. The Kier molecular flexibility index (Phi) is 5.61. The molecular formula is C26H25N3O2. The van der Waals surface area contributed by atoms with E-state index in [2.05, 4.69) is 46.3 Å². The monoisotopic (exact) mass is 411 g/mol. The zero-order valence-corrected chi connectivity index (χ0v) is 17.6. The van der Waals surface area contributed by atoms with Crippen molar-refractivity contribution in [2.45, 2.75) is 12.6 Å². The number of hydrogen-bond donors (Lipinski definition) is 0. The maximum Gasteiger partial charge on any atom is 0.118 e. The fourth-order valence-corrected chi connectivity index (χ4v) is 4.06. The van der Waals surface area contributed by atoms with Crippen LogP contribution >= 0.6 is 0 Å². The van der Waals surface area contributed by atoms with Crippen LogP contribution in [0.5, 0.6) is 5.75 Å². The van der Waals surface area contributed by atoms with E-state index >= 15 is 0 Å². The van der Waals surface area contributed by atoms with E-state index in [0.29, 0.717) is 6.61 Å². The molecule has 2 aromatic heterocycles. The Labute approximate surface area is 182 Å². The number of aromatic nitrogens is 2. The van der Waals surface area contributed by atoms with Crippen molar-refractivity contribution in [3.63, 3.8) is 0 Å². The first-order valence-corrected chi connectivity index (χ1v) is 10.6. The molecule has 0 spiro atoms. The Morgan fingerprint density at radius 1 is 1.03 bits per heavy atom. The van der Waals surface area contributed by atoms with Crippen molar-refractivity contribution in [2.75, 3.05) is 26.8 Å². The molecule has 0 N–H and O–H groups in total. The maximum absolute atomic E-state index is 6.10. The molecule has 1 aliphatic rings. The first kappa shape index (κ1) is 19.7. The molecule has 5 nitrogen and oxygen atoms in total. The molecule has 1 aliphatic heterocycles. The Morgan fingerprint density at radius 2 is 1.94 bits per heavy atom. The van der Waals surface area contributed by atoms with Crippen LogP contribution < -0.4 is 4.74 Å². The van der Waals surface area contributed by atoms with Gasteiger partial charge in [0.15, 0.2) is 0 Å². The van der Waals surface area contributed by atoms with Crippen LogP contribution in [0.4, 0.5) is 0 Å². The SMILES string of the molecule is COc1ccc(-c2cccc(C3CN(Cc4ccc5ncccc5c4)CCO3)n2)cc1. The lowest BCUT2D eigenvalue weighted by atomic mass is 10.1. The number of rotatable bonds is 5. The van der Waals surface area contributed by atoms with Crippen LogP contribution in [0.2, 0.25) is 0 Å². The van der Waals surface area contributed by atoms with Gasteiger partial charge in [-0.3, -0.25) is 14.9 Å². The highest BCUT2D eigenvalue weighted by Gasteiger charge is 2.23. The topological polar surface area (TPSA) is 47.5 Å². The zero-order valence-electron chi connectivity index (χ0n) is 17.6. The van der Waals surface area contributed by atoms with Crippen molar-refractivity contribution in [3.8, 4) is 17.0 Å². The molecule has 5 rings (SSSR count). The second kappa shape index (κ2) is 8.84. The second-order valence-corrected chi connectivity index (χ2v) is 7.80. The van der Waals surface area contributed by atoms with Crippen molar-refractivity contribution in [2.24, 2.45) is 0 Å². The number of morpholine rings is 1. The molecule has 1 atom stereocenters. The van der Waals surface area contributed by atoms with E-state index in [1.165, 1.54) is 10.9 Å². The Morgan fingerprint density at radius 3 is 2.81 bits per heavy atom. The average molecular weight is 412 g/mol. The summed E-state index contributed by atoms with van der Waals surface area (Å²) in [5, 5.41) is 1.18. The lowest BCUT2D eigenvalue weighted by Gasteiger charge is -2.32. The van der Waals surface area contributed by atoms with Crippen LogP contribution in [0.25, 0.3) is 22.2 Å². The average Bonchev–Trinajstić information content (AvgIpc) is 2.84. The molecule has 0 bridgehead atoms. The predicted molar refractivity (Wildman–Crippen MR) is 122 cm³/mol. The van der Waals surface area contributed by atoms with Crippen LogP contribution in [-0.2, 0) is 11.3 Å². The molecule has 0 amide bonds. The van der Waals surface area contributed by atoms with E-state index in [4.69, 9.17) is 14.5 Å². The summed E-state index contributed by atoms with van der Waals surface area (Å²) in [5.74, 6) is 0.843. The van der Waals surface area contributed by atoms with Crippen LogP contribution in [-0.4, -0.2) is 41.7 Å². The molecule has 3 heterocycles. The minimum Gasteiger partial charge on any atom is -0.497 e. The summed E-state index contributed by atoms with van der Waals surface area (Å²) in [6, 6.07) is 24.7. The van der Waals surface area contributed by atoms with Crippen molar-refractivity contribution in [1.82, 2.24) is 14.9 Å². The van der Waals surface area contributed by atoms with Gasteiger partial charge < -0.3 is 9.47 Å². The number of benzene rings is 2. The van der Waals surface area contributed by atoms with Gasteiger partial charge in [-0.2, -0.15) is 0 Å². The minimum absolute atomic E-state index is 0.0333. The molecule has 156 valence electrons. The standard InChI is InChI=1S/C26H25N3O2/c1-30-22-10-8-20(9-11-22)24-5-2-6-25(28-24)26-18-29(14-15-31-26)17-19-7-12-23-21(16-19)4-3-13-27-23/h2-13,16,26H,14-15,17-18H2,1H3. The molecule has 0 radical (unpaired) electrons. The molecule has 4 aromatic rings. The van der Waals surface area contributed by atoms with Gasteiger partial charge in [-0.1, -0.05) is 18.2 Å². The molecular weight excluding hydrogens is 386 g/mol. The van der Waals surface area contributed by atoms with Crippen molar-refractivity contribution < 1.29 is 9.47 Å². The third kappa shape index (κ3) is 4.43. The third-order valence-corrected chi connectivity index (χ3v) is 5.71. The van der Waals surface area contributed by atoms with Crippen molar-refractivity contribution >= 4 is 10.9 Å². The fraction of sp³-hybridized carbons (Fsp3) is 0.231. The molecule has 2 aromatic carbocycles. The summed E-state index contributed by atoms with van der Waals surface area (Å²) in [6.45, 7) is 3.33. The number of fused-ring (bicyclic) bond motifs is 1. The molecule has 31 heavy (non-hydrogen) atoms. The van der Waals surface area contributed by atoms with Crippen LogP contribution in [0.3, 0.4) is 0 Å². The van der Waals surface area contributed by atoms with Gasteiger partial charge in [0, 0.05) is 36.8 Å². The zero-order chi connectivity index (χ0) is 21.0. The highest BCUT2D eigenvalue weighted by atomic mass is 16.5. The molecule has 0 aliphatic carbocycles. The quantitative estimate of drug-likeness (QED) is 0.468. The lowest BCUT2D eigenvalue weighted by molar-refractivity contribution is -0.0349. The third-order valence-electron chi connectivity index (χ3n) is 5.71. The molecule has 1 unspecified atom stereocenters. The van der Waals surface area contributed by atoms with Crippen LogP contribution in [0, 0.1) is 0 Å². The van der Waals surface area contributed by atoms with Gasteiger partial charge in [-0.05, 0) is 60.2 Å². The van der Waals surface area contributed by atoms with Crippen LogP contribution in [0.1, 0.15) is 17.4 Å². The number of hydrogen-bond acceptors (Lipinski definition) is 5. The van der Waals surface area contributed by atoms with Gasteiger partial charge in [-0.25, -0.2) is 0 Å². The van der Waals surface area contributed by atoms with Gasteiger partial charge in [0.25, 0.3) is 0 Å². The highest BCUT2D eigenvalue weighted by molar-refractivity contribution is 5.78. The van der Waals surface area contributed by atoms with E-state index in [9.17, 15) is 0 Å². The minimum atomic E-state index is -0.0333. The normalized spacial score (nSPS) is 17.0. The highest BCUT2D eigenvalue weighted by Crippen LogP contribution is 2.26. The van der Waals surface area contributed by atoms with Gasteiger partial charge in [0.2, 0.25) is 0 Å². The first-order chi connectivity index (χ1) is 15.3. The fourth-order valence-electron chi connectivity index (χ4n) is 4.06. The van der Waals surface area contributed by atoms with Gasteiger partial charge in [0.1, 0.15) is 11.9 Å². The summed E-state index contributed by atoms with van der Waals surface area (Å²) >= 11 is 0. The van der Waals surface area contributed by atoms with Gasteiger partial charge >= 0.3 is 0 Å². The smallest absolute Gasteiger partial charge is 0.118 e. The van der Waals surface area contributed by atoms with E-state index in [0.717, 1.165) is 47.9 Å². The lowest BCUT2D eigenvalue weighted by Crippen LogP contribution is -2.38. The Hall–Kier alpha value is -3.28. The number of pyridine rings is 2. The van der Waals surface area contributed by atoms with E-state index in [1.54, 1.807) is 7.11 Å². The maximum atomic E-state index is 6.10. The number of ether oxygens (including phenoxy) is 2. The summed E-state index contributed by atoms with van der Waals surface area (Å²) in [6.07, 6.45) is 1.80. The largest absolute Gasteiger partial charge is 0.497 e. The van der Waals surface area contributed by atoms with Gasteiger partial charge in [-0.15, -0.1) is 0 Å². The van der Waals surface area contributed by atoms with E-state index in [-0.39, 0.29) is 6.10 Å². The summed E-state index contributed by atoms with van der Waals surface area (Å²) in [5.41, 5.74) is 5.32. The van der Waals surface area contributed by atoms with Crippen LogP contribution in [0.15, 0.2) is 79.0 Å². The van der Waals surface area contributed by atoms with Crippen molar-refractivity contribution in [3.05, 3.63) is 90.3 Å². The second-order valence-electron chi connectivity index (χ2n) is 7.80. The summed E-state index contributed by atoms with van der Waals surface area (Å²) in [7, 11) is 1.68. The first-order valence-electron chi connectivity index (χ1n) is 10.6. The summed E-state index contributed by atoms with van der Waals surface area (Å²) < 4.78 is 11.4.